The van der Waals surface area contributed by atoms with Crippen molar-refractivity contribution in [1.29, 1.82) is 0 Å². The van der Waals surface area contributed by atoms with Crippen molar-refractivity contribution in [3.63, 3.8) is 0 Å². The van der Waals surface area contributed by atoms with E-state index in [1.807, 2.05) is 37.5 Å². The summed E-state index contributed by atoms with van der Waals surface area (Å²) in [5.74, 6) is 0.555. The molecule has 132 valence electrons. The van der Waals surface area contributed by atoms with Gasteiger partial charge in [-0.15, -0.1) is 0 Å². The number of carbonyl (C=O) groups is 1. The Balaban J connectivity index is 1.84. The normalized spacial score (nSPS) is 12.2. The lowest BCUT2D eigenvalue weighted by atomic mass is 9.93. The van der Waals surface area contributed by atoms with Crippen LogP contribution in [-0.2, 0) is 17.7 Å². The van der Waals surface area contributed by atoms with Gasteiger partial charge < -0.3 is 14.0 Å². The first-order valence-electron chi connectivity index (χ1n) is 8.70. The number of methoxy groups -OCH3 is 1. The van der Waals surface area contributed by atoms with Gasteiger partial charge in [0, 0.05) is 47.5 Å². The second kappa shape index (κ2) is 6.67. The van der Waals surface area contributed by atoms with Crippen LogP contribution < -0.4 is 4.74 Å². The first-order chi connectivity index (χ1) is 12.7. The Morgan fingerprint density at radius 1 is 1.27 bits per heavy atom. The summed E-state index contributed by atoms with van der Waals surface area (Å²) in [6.07, 6.45) is 6.36. The van der Waals surface area contributed by atoms with Crippen LogP contribution in [0.5, 0.6) is 5.75 Å². The van der Waals surface area contributed by atoms with Crippen LogP contribution in [0.25, 0.3) is 22.4 Å². The molecule has 4 rings (SSSR count). The molecule has 0 spiro atoms. The smallest absolute Gasteiger partial charge is 0.339 e. The minimum absolute atomic E-state index is 0.281. The minimum Gasteiger partial charge on any atom is -0.496 e. The molecule has 0 saturated heterocycles. The van der Waals surface area contributed by atoms with Crippen LogP contribution in [0.1, 0.15) is 22.8 Å². The molecule has 1 aromatic carbocycles. The fourth-order valence-corrected chi connectivity index (χ4v) is 3.47. The van der Waals surface area contributed by atoms with Crippen molar-refractivity contribution in [2.45, 2.75) is 19.9 Å². The molecular formula is C21H20N2O3. The van der Waals surface area contributed by atoms with E-state index in [0.717, 1.165) is 41.1 Å². The van der Waals surface area contributed by atoms with Gasteiger partial charge in [-0.05, 0) is 43.2 Å². The van der Waals surface area contributed by atoms with E-state index < -0.39 is 0 Å². The fraction of sp³-hybridized carbons (Fsp3) is 0.238. The Hall–Kier alpha value is -3.08. The maximum Gasteiger partial charge on any atom is 0.339 e. The highest BCUT2D eigenvalue weighted by Crippen LogP contribution is 2.39. The van der Waals surface area contributed by atoms with Crippen molar-refractivity contribution in [3.05, 3.63) is 60.0 Å². The van der Waals surface area contributed by atoms with E-state index >= 15 is 0 Å². The molecule has 0 radical (unpaired) electrons. The molecule has 0 atom stereocenters. The molecule has 0 saturated carbocycles. The van der Waals surface area contributed by atoms with Gasteiger partial charge >= 0.3 is 5.97 Å². The zero-order valence-corrected chi connectivity index (χ0v) is 14.9. The summed E-state index contributed by atoms with van der Waals surface area (Å²) in [6, 6.07) is 10.1. The predicted octanol–water partition coefficient (Wildman–Crippen LogP) is 3.96. The van der Waals surface area contributed by atoms with Crippen molar-refractivity contribution in [2.24, 2.45) is 0 Å². The Bertz CT molecular complexity index is 961. The Morgan fingerprint density at radius 3 is 2.88 bits per heavy atom. The molecule has 5 heteroatoms. The number of hydrogen-bond donors (Lipinski definition) is 0. The number of nitrogens with zero attached hydrogens (tertiary/aromatic N) is 2. The second-order valence-electron chi connectivity index (χ2n) is 6.23. The first-order valence-corrected chi connectivity index (χ1v) is 8.70. The van der Waals surface area contributed by atoms with Gasteiger partial charge in [-0.3, -0.25) is 4.98 Å². The van der Waals surface area contributed by atoms with Crippen LogP contribution in [0.4, 0.5) is 0 Å². The average molecular weight is 348 g/mol. The molecule has 3 aromatic rings. The number of hydrogen-bond acceptors (Lipinski definition) is 4. The van der Waals surface area contributed by atoms with E-state index in [-0.39, 0.29) is 5.97 Å². The molecular weight excluding hydrogens is 328 g/mol. The highest BCUT2D eigenvalue weighted by atomic mass is 16.5. The third-order valence-electron chi connectivity index (χ3n) is 4.70. The van der Waals surface area contributed by atoms with Gasteiger partial charge in [0.15, 0.2) is 0 Å². The van der Waals surface area contributed by atoms with Crippen molar-refractivity contribution >= 4 is 5.97 Å². The summed E-state index contributed by atoms with van der Waals surface area (Å²) in [5.41, 5.74) is 5.95. The van der Waals surface area contributed by atoms with Gasteiger partial charge in [-0.25, -0.2) is 4.79 Å². The second-order valence-corrected chi connectivity index (χ2v) is 6.23. The van der Waals surface area contributed by atoms with E-state index in [2.05, 4.69) is 21.7 Å². The number of carbonyl (C=O) groups excluding carboxylic acids is 1. The third-order valence-corrected chi connectivity index (χ3v) is 4.70. The third kappa shape index (κ3) is 2.75. The average Bonchev–Trinajstić information content (AvgIpc) is 3.12. The predicted molar refractivity (Wildman–Crippen MR) is 99.3 cm³/mol. The van der Waals surface area contributed by atoms with Crippen molar-refractivity contribution in [1.82, 2.24) is 9.55 Å². The molecule has 1 aliphatic rings. The molecule has 2 aromatic heterocycles. The number of aryl methyl sites for hydroxylation is 2. The van der Waals surface area contributed by atoms with E-state index in [1.54, 1.807) is 13.3 Å². The Labute approximate surface area is 152 Å². The van der Waals surface area contributed by atoms with Crippen molar-refractivity contribution < 1.29 is 14.3 Å². The number of ether oxygens (including phenoxy) is 2. The van der Waals surface area contributed by atoms with E-state index in [9.17, 15) is 4.79 Å². The Kier molecular flexibility index (Phi) is 4.21. The summed E-state index contributed by atoms with van der Waals surface area (Å²) < 4.78 is 12.9. The topological polar surface area (TPSA) is 53.4 Å². The number of aromatic nitrogens is 2. The van der Waals surface area contributed by atoms with Gasteiger partial charge in [0.2, 0.25) is 0 Å². The number of fused-ring (bicyclic) bond motifs is 3. The lowest BCUT2D eigenvalue weighted by Crippen LogP contribution is -2.10. The summed E-state index contributed by atoms with van der Waals surface area (Å²) in [4.78, 5) is 16.3. The van der Waals surface area contributed by atoms with Gasteiger partial charge in [-0.2, -0.15) is 0 Å². The van der Waals surface area contributed by atoms with Crippen molar-refractivity contribution in [2.75, 3.05) is 13.7 Å². The van der Waals surface area contributed by atoms with Crippen LogP contribution in [0.15, 0.2) is 48.9 Å². The molecule has 0 amide bonds. The quantitative estimate of drug-likeness (QED) is 0.670. The summed E-state index contributed by atoms with van der Waals surface area (Å²) in [5, 5.41) is 0. The summed E-state index contributed by atoms with van der Waals surface area (Å²) in [7, 11) is 1.69. The number of benzene rings is 1. The van der Waals surface area contributed by atoms with E-state index in [0.29, 0.717) is 12.2 Å². The van der Waals surface area contributed by atoms with E-state index in [1.165, 1.54) is 5.56 Å². The van der Waals surface area contributed by atoms with Gasteiger partial charge in [0.05, 0.1) is 19.3 Å². The Morgan fingerprint density at radius 2 is 2.15 bits per heavy atom. The largest absolute Gasteiger partial charge is 0.496 e. The van der Waals surface area contributed by atoms with E-state index in [4.69, 9.17) is 9.47 Å². The molecule has 0 fully saturated rings. The number of rotatable bonds is 4. The fourth-order valence-electron chi connectivity index (χ4n) is 3.47. The van der Waals surface area contributed by atoms with Gasteiger partial charge in [0.1, 0.15) is 5.75 Å². The first kappa shape index (κ1) is 16.4. The van der Waals surface area contributed by atoms with Crippen LogP contribution in [-0.4, -0.2) is 29.2 Å². The monoisotopic (exact) mass is 348 g/mol. The van der Waals surface area contributed by atoms with Gasteiger partial charge in [0.25, 0.3) is 0 Å². The zero-order chi connectivity index (χ0) is 18.1. The molecule has 0 N–H and O–H groups in total. The molecule has 5 nitrogen and oxygen atoms in total. The summed E-state index contributed by atoms with van der Waals surface area (Å²) >= 11 is 0. The molecule has 26 heavy (non-hydrogen) atoms. The maximum atomic E-state index is 12.1. The van der Waals surface area contributed by atoms with Gasteiger partial charge in [-0.1, -0.05) is 6.07 Å². The van der Waals surface area contributed by atoms with Crippen LogP contribution in [0.2, 0.25) is 0 Å². The molecule has 0 aliphatic carbocycles. The number of esters is 1. The molecule has 0 bridgehead atoms. The highest BCUT2D eigenvalue weighted by molar-refractivity contribution is 5.92. The lowest BCUT2D eigenvalue weighted by molar-refractivity contribution is 0.0526. The standard InChI is InChI=1S/C21H20N2O3/c1-3-26-21(24)16-9-19-17-11-18(15-5-4-7-22-12-15)20(25-2)10-14(17)6-8-23(19)13-16/h4-5,7,9-13H,3,6,8H2,1-2H3. The van der Waals surface area contributed by atoms with Crippen molar-refractivity contribution in [3.8, 4) is 28.1 Å². The number of pyridine rings is 1. The molecule has 1 aliphatic heterocycles. The van der Waals surface area contributed by atoms with Crippen LogP contribution in [0, 0.1) is 0 Å². The molecule has 0 unspecified atom stereocenters. The maximum absolute atomic E-state index is 12.1. The highest BCUT2D eigenvalue weighted by Gasteiger charge is 2.22. The summed E-state index contributed by atoms with van der Waals surface area (Å²) in [6.45, 7) is 3.02. The SMILES string of the molecule is CCOC(=O)c1cc2n(c1)CCc1cc(OC)c(-c3cccnc3)cc1-2. The minimum atomic E-state index is -0.281. The lowest BCUT2D eigenvalue weighted by Gasteiger charge is -2.22. The molecule has 3 heterocycles. The zero-order valence-electron chi connectivity index (χ0n) is 14.9. The van der Waals surface area contributed by atoms with Crippen LogP contribution >= 0.6 is 0 Å². The van der Waals surface area contributed by atoms with Crippen LogP contribution in [0.3, 0.4) is 0 Å².